The standard InChI is InChI=1S/C17H33N5O5S.HI/c1-2-26-17(23)22-9-6-14(7-10-22)21-16(18)19-8-12-28(24,25)20-13-15-5-3-4-11-27-15;/h14-15,20H,2-13H2,1H3,(H3,18,19,21);1H. The zero-order valence-electron chi connectivity index (χ0n) is 17.0. The lowest BCUT2D eigenvalue weighted by Crippen LogP contribution is -2.48. The number of nitrogens with one attached hydrogen (secondary N) is 2. The Labute approximate surface area is 190 Å². The Kier molecular flexibility index (Phi) is 12.1. The molecular formula is C17H34IN5O5S. The summed E-state index contributed by atoms with van der Waals surface area (Å²) in [5.74, 6) is 0.101. The second-order valence-corrected chi connectivity index (χ2v) is 8.95. The first kappa shape index (κ1) is 26.2. The van der Waals surface area contributed by atoms with E-state index in [9.17, 15) is 13.2 Å². The van der Waals surface area contributed by atoms with Crippen molar-refractivity contribution in [2.45, 2.75) is 51.2 Å². The molecule has 0 bridgehead atoms. The third-order valence-corrected chi connectivity index (χ3v) is 6.15. The number of piperidine rings is 1. The minimum atomic E-state index is -3.41. The van der Waals surface area contributed by atoms with Crippen molar-refractivity contribution in [1.29, 1.82) is 0 Å². The second-order valence-electron chi connectivity index (χ2n) is 7.03. The number of sulfonamides is 1. The topological polar surface area (TPSA) is 135 Å². The number of nitrogens with zero attached hydrogens (tertiary/aromatic N) is 2. The highest BCUT2D eigenvalue weighted by molar-refractivity contribution is 14.0. The molecule has 2 rings (SSSR count). The summed E-state index contributed by atoms with van der Waals surface area (Å²) < 4.78 is 37.2. The summed E-state index contributed by atoms with van der Waals surface area (Å²) >= 11 is 0. The van der Waals surface area contributed by atoms with Crippen LogP contribution in [-0.4, -0.2) is 82.7 Å². The number of ether oxygens (including phenoxy) is 2. The summed E-state index contributed by atoms with van der Waals surface area (Å²) in [7, 11) is -3.41. The Morgan fingerprint density at radius 3 is 2.62 bits per heavy atom. The van der Waals surface area contributed by atoms with Gasteiger partial charge < -0.3 is 25.4 Å². The fourth-order valence-corrected chi connectivity index (χ4v) is 4.14. The van der Waals surface area contributed by atoms with Crippen LogP contribution in [0.5, 0.6) is 0 Å². The molecule has 2 fully saturated rings. The molecule has 0 spiro atoms. The number of carbonyl (C=O) groups excluding carboxylic acids is 1. The number of guanidine groups is 1. The maximum atomic E-state index is 12.1. The number of rotatable bonds is 8. The molecule has 10 nitrogen and oxygen atoms in total. The van der Waals surface area contributed by atoms with Crippen LogP contribution in [-0.2, 0) is 19.5 Å². The summed E-state index contributed by atoms with van der Waals surface area (Å²) in [6.07, 6.45) is 4.11. The van der Waals surface area contributed by atoms with Gasteiger partial charge in [-0.25, -0.2) is 17.9 Å². The van der Waals surface area contributed by atoms with Gasteiger partial charge in [0.1, 0.15) is 0 Å². The molecule has 0 aromatic rings. The van der Waals surface area contributed by atoms with Crippen molar-refractivity contribution in [1.82, 2.24) is 14.9 Å². The summed E-state index contributed by atoms with van der Waals surface area (Å²) in [5.41, 5.74) is 5.87. The Hall–Kier alpha value is -0.860. The van der Waals surface area contributed by atoms with Crippen molar-refractivity contribution in [3.8, 4) is 0 Å². The summed E-state index contributed by atoms with van der Waals surface area (Å²) in [6, 6.07) is 0.104. The monoisotopic (exact) mass is 547 g/mol. The first-order chi connectivity index (χ1) is 13.4. The number of carbonyl (C=O) groups is 1. The zero-order valence-corrected chi connectivity index (χ0v) is 20.1. The van der Waals surface area contributed by atoms with Gasteiger partial charge in [-0.15, -0.1) is 24.0 Å². The maximum absolute atomic E-state index is 12.1. The highest BCUT2D eigenvalue weighted by Gasteiger charge is 2.23. The van der Waals surface area contributed by atoms with Crippen molar-refractivity contribution in [3.05, 3.63) is 0 Å². The highest BCUT2D eigenvalue weighted by Crippen LogP contribution is 2.12. The average Bonchev–Trinajstić information content (AvgIpc) is 2.68. The van der Waals surface area contributed by atoms with Crippen LogP contribution in [0, 0.1) is 0 Å². The van der Waals surface area contributed by atoms with Crippen LogP contribution in [0.15, 0.2) is 4.99 Å². The van der Waals surface area contributed by atoms with E-state index in [4.69, 9.17) is 15.2 Å². The molecule has 2 aliphatic rings. The Bertz CT molecular complexity index is 620. The third-order valence-electron chi connectivity index (χ3n) is 4.82. The van der Waals surface area contributed by atoms with E-state index < -0.39 is 10.0 Å². The Balaban J connectivity index is 0.00000420. The van der Waals surface area contributed by atoms with Crippen LogP contribution >= 0.6 is 24.0 Å². The molecule has 29 heavy (non-hydrogen) atoms. The maximum Gasteiger partial charge on any atom is 0.409 e. The van der Waals surface area contributed by atoms with Crippen molar-refractivity contribution in [2.24, 2.45) is 10.7 Å². The average molecular weight is 547 g/mol. The SMILES string of the molecule is CCOC(=O)N1CCC(NC(N)=NCCS(=O)(=O)NCC2CCCCO2)CC1.I. The lowest BCUT2D eigenvalue weighted by molar-refractivity contribution is 0.0200. The van der Waals surface area contributed by atoms with E-state index in [0.717, 1.165) is 32.1 Å². The molecular weight excluding hydrogens is 513 g/mol. The second kappa shape index (κ2) is 13.4. The fourth-order valence-electron chi connectivity index (χ4n) is 3.22. The smallest absolute Gasteiger partial charge is 0.409 e. The summed E-state index contributed by atoms with van der Waals surface area (Å²) in [6.45, 7) is 4.40. The van der Waals surface area contributed by atoms with Gasteiger partial charge in [-0.05, 0) is 39.0 Å². The van der Waals surface area contributed by atoms with Crippen molar-refractivity contribution in [2.75, 3.05) is 45.1 Å². The van der Waals surface area contributed by atoms with E-state index in [-0.39, 0.29) is 60.5 Å². The minimum absolute atomic E-state index is 0. The predicted octanol–water partition coefficient (Wildman–Crippen LogP) is 0.618. The number of aliphatic imine (C=N–C) groups is 1. The van der Waals surface area contributed by atoms with Crippen molar-refractivity contribution in [3.63, 3.8) is 0 Å². The van der Waals surface area contributed by atoms with Crippen LogP contribution in [0.3, 0.4) is 0 Å². The molecule has 12 heteroatoms. The van der Waals surface area contributed by atoms with Crippen LogP contribution in [0.25, 0.3) is 0 Å². The van der Waals surface area contributed by atoms with Crippen molar-refractivity contribution < 1.29 is 22.7 Å². The van der Waals surface area contributed by atoms with Gasteiger partial charge >= 0.3 is 6.09 Å². The van der Waals surface area contributed by atoms with Gasteiger partial charge in [-0.1, -0.05) is 0 Å². The van der Waals surface area contributed by atoms with Gasteiger partial charge in [-0.2, -0.15) is 0 Å². The summed E-state index contributed by atoms with van der Waals surface area (Å²) in [5, 5.41) is 3.09. The van der Waals surface area contributed by atoms with E-state index in [2.05, 4.69) is 15.0 Å². The van der Waals surface area contributed by atoms with Gasteiger partial charge in [0.15, 0.2) is 5.96 Å². The normalized spacial score (nSPS) is 21.3. The van der Waals surface area contributed by atoms with Gasteiger partial charge in [0.2, 0.25) is 10.0 Å². The fraction of sp³-hybridized carbons (Fsp3) is 0.882. The molecule has 0 aromatic carbocycles. The molecule has 170 valence electrons. The number of nitrogens with two attached hydrogens (primary N) is 1. The van der Waals surface area contributed by atoms with Crippen LogP contribution in [0.2, 0.25) is 0 Å². The molecule has 1 atom stereocenters. The largest absolute Gasteiger partial charge is 0.450 e. The zero-order chi connectivity index (χ0) is 20.4. The molecule has 0 radical (unpaired) electrons. The van der Waals surface area contributed by atoms with E-state index in [1.54, 1.807) is 11.8 Å². The first-order valence-corrected chi connectivity index (χ1v) is 11.6. The number of hydrogen-bond donors (Lipinski definition) is 3. The number of halogens is 1. The van der Waals surface area contributed by atoms with E-state index in [0.29, 0.717) is 32.8 Å². The molecule has 4 N–H and O–H groups in total. The quantitative estimate of drug-likeness (QED) is 0.230. The molecule has 2 saturated heterocycles. The van der Waals surface area contributed by atoms with Gasteiger partial charge in [0, 0.05) is 32.3 Å². The number of amides is 1. The molecule has 1 unspecified atom stereocenters. The molecule has 0 aromatic heterocycles. The molecule has 1 amide bonds. The van der Waals surface area contributed by atoms with E-state index >= 15 is 0 Å². The third kappa shape index (κ3) is 10.1. The minimum Gasteiger partial charge on any atom is -0.450 e. The van der Waals surface area contributed by atoms with Crippen LogP contribution in [0.1, 0.15) is 39.0 Å². The van der Waals surface area contributed by atoms with Gasteiger partial charge in [0.05, 0.1) is 25.0 Å². The lowest BCUT2D eigenvalue weighted by atomic mass is 10.1. The van der Waals surface area contributed by atoms with E-state index in [1.807, 2.05) is 0 Å². The predicted molar refractivity (Wildman–Crippen MR) is 122 cm³/mol. The van der Waals surface area contributed by atoms with Crippen molar-refractivity contribution >= 4 is 46.1 Å². The molecule has 2 aliphatic heterocycles. The van der Waals surface area contributed by atoms with Gasteiger partial charge in [0.25, 0.3) is 0 Å². The molecule has 2 heterocycles. The Morgan fingerprint density at radius 2 is 2.00 bits per heavy atom. The van der Waals surface area contributed by atoms with Gasteiger partial charge in [-0.3, -0.25) is 4.99 Å². The Morgan fingerprint density at radius 1 is 1.28 bits per heavy atom. The van der Waals surface area contributed by atoms with Crippen LogP contribution < -0.4 is 15.8 Å². The highest BCUT2D eigenvalue weighted by atomic mass is 127. The molecule has 0 aliphatic carbocycles. The number of hydrogen-bond acceptors (Lipinski definition) is 6. The lowest BCUT2D eigenvalue weighted by Gasteiger charge is -2.31. The van der Waals surface area contributed by atoms with Crippen LogP contribution in [0.4, 0.5) is 4.79 Å². The number of likely N-dealkylation sites (tertiary alicyclic amines) is 1. The summed E-state index contributed by atoms with van der Waals surface area (Å²) in [4.78, 5) is 17.5. The molecule has 0 saturated carbocycles. The van der Waals surface area contributed by atoms with E-state index in [1.165, 1.54) is 0 Å². The first-order valence-electron chi connectivity index (χ1n) is 9.96.